The molecule has 0 spiro atoms. The van der Waals surface area contributed by atoms with Crippen LogP contribution in [0.4, 0.5) is 0 Å². The van der Waals surface area contributed by atoms with Crippen molar-refractivity contribution in [1.29, 1.82) is 0 Å². The standard InChI is InChI=1S/C18H20ClN3O4/c19-14-7-6-12(26-15-8-9-20-18(25)21-15)10-13(14)17(24)22-16(23)11-4-2-1-3-5-11/h6-11,16,23H,1-5H2,(H,22,24)(H,20,21,25). The fraction of sp³-hybridized carbons (Fsp3) is 0.389. The molecule has 7 nitrogen and oxygen atoms in total. The van der Waals surface area contributed by atoms with Crippen molar-refractivity contribution in [3.8, 4) is 11.6 Å². The van der Waals surface area contributed by atoms with Crippen molar-refractivity contribution < 1.29 is 14.6 Å². The third kappa shape index (κ3) is 4.62. The van der Waals surface area contributed by atoms with Crippen LogP contribution in [0.5, 0.6) is 11.6 Å². The number of rotatable bonds is 5. The monoisotopic (exact) mass is 377 g/mol. The van der Waals surface area contributed by atoms with Gasteiger partial charge in [-0.1, -0.05) is 30.9 Å². The molecule has 3 rings (SSSR count). The van der Waals surface area contributed by atoms with Gasteiger partial charge in [-0.15, -0.1) is 0 Å². The van der Waals surface area contributed by atoms with Gasteiger partial charge in [-0.2, -0.15) is 0 Å². The molecular formula is C18H20ClN3O4. The Kier molecular flexibility index (Phi) is 5.90. The summed E-state index contributed by atoms with van der Waals surface area (Å²) in [6, 6.07) is 6.06. The van der Waals surface area contributed by atoms with Crippen LogP contribution < -0.4 is 15.7 Å². The minimum atomic E-state index is -0.903. The van der Waals surface area contributed by atoms with Crippen LogP contribution in [0, 0.1) is 5.92 Å². The fourth-order valence-corrected chi connectivity index (χ4v) is 3.26. The fourth-order valence-electron chi connectivity index (χ4n) is 3.06. The summed E-state index contributed by atoms with van der Waals surface area (Å²) in [5.41, 5.74) is -0.347. The summed E-state index contributed by atoms with van der Waals surface area (Å²) in [7, 11) is 0. The van der Waals surface area contributed by atoms with E-state index in [1.807, 2.05) is 0 Å². The highest BCUT2D eigenvalue weighted by Gasteiger charge is 2.24. The Hall–Kier alpha value is -2.38. The maximum Gasteiger partial charge on any atom is 0.347 e. The second-order valence-electron chi connectivity index (χ2n) is 6.30. The third-order valence-electron chi connectivity index (χ3n) is 4.43. The lowest BCUT2D eigenvalue weighted by molar-refractivity contribution is 0.0463. The van der Waals surface area contributed by atoms with Crippen LogP contribution in [0.2, 0.25) is 5.02 Å². The maximum absolute atomic E-state index is 12.5. The first-order chi connectivity index (χ1) is 12.5. The number of H-pyrrole nitrogens is 1. The lowest BCUT2D eigenvalue weighted by Gasteiger charge is -2.27. The van der Waals surface area contributed by atoms with Crippen LogP contribution >= 0.6 is 11.6 Å². The second kappa shape index (κ2) is 8.33. The largest absolute Gasteiger partial charge is 0.441 e. The third-order valence-corrected chi connectivity index (χ3v) is 4.76. The Morgan fingerprint density at radius 1 is 1.31 bits per heavy atom. The number of nitrogens with one attached hydrogen (secondary N) is 2. The highest BCUT2D eigenvalue weighted by Crippen LogP contribution is 2.27. The van der Waals surface area contributed by atoms with Gasteiger partial charge in [0.25, 0.3) is 5.91 Å². The minimum Gasteiger partial charge on any atom is -0.441 e. The van der Waals surface area contributed by atoms with E-state index in [2.05, 4.69) is 15.3 Å². The van der Waals surface area contributed by atoms with Gasteiger partial charge in [-0.25, -0.2) is 9.78 Å². The van der Waals surface area contributed by atoms with Crippen LogP contribution in [0.1, 0.15) is 42.5 Å². The number of carbonyl (C=O) groups excluding carboxylic acids is 1. The Bertz CT molecular complexity index is 833. The highest BCUT2D eigenvalue weighted by atomic mass is 35.5. The number of carbonyl (C=O) groups is 1. The number of amides is 1. The summed E-state index contributed by atoms with van der Waals surface area (Å²) in [6.45, 7) is 0. The van der Waals surface area contributed by atoms with E-state index < -0.39 is 17.8 Å². The van der Waals surface area contributed by atoms with Crippen LogP contribution in [0.3, 0.4) is 0 Å². The molecule has 0 radical (unpaired) electrons. The van der Waals surface area contributed by atoms with Gasteiger partial charge >= 0.3 is 5.69 Å². The number of nitrogens with zero attached hydrogens (tertiary/aromatic N) is 1. The van der Waals surface area contributed by atoms with E-state index in [0.717, 1.165) is 25.7 Å². The summed E-state index contributed by atoms with van der Waals surface area (Å²) in [5, 5.41) is 13.1. The minimum absolute atomic E-state index is 0.0628. The molecule has 1 aromatic carbocycles. The SMILES string of the molecule is O=C(NC(O)C1CCCCC1)c1cc(Oc2ccnc(=O)[nH]2)ccc1Cl. The predicted molar refractivity (Wildman–Crippen MR) is 96.4 cm³/mol. The summed E-state index contributed by atoms with van der Waals surface area (Å²) < 4.78 is 5.53. The van der Waals surface area contributed by atoms with Crippen LogP contribution in [-0.4, -0.2) is 27.2 Å². The second-order valence-corrected chi connectivity index (χ2v) is 6.71. The van der Waals surface area contributed by atoms with Crippen molar-refractivity contribution in [2.75, 3.05) is 0 Å². The average Bonchev–Trinajstić information content (AvgIpc) is 2.64. The van der Waals surface area contributed by atoms with Crippen molar-refractivity contribution in [3.63, 3.8) is 0 Å². The number of hydrogen-bond acceptors (Lipinski definition) is 5. The summed E-state index contributed by atoms with van der Waals surface area (Å²) in [4.78, 5) is 29.7. The molecule has 1 aromatic heterocycles. The number of aliphatic hydroxyl groups excluding tert-OH is 1. The molecule has 8 heteroatoms. The van der Waals surface area contributed by atoms with Crippen molar-refractivity contribution in [2.45, 2.75) is 38.3 Å². The van der Waals surface area contributed by atoms with Gasteiger partial charge in [0, 0.05) is 18.2 Å². The van der Waals surface area contributed by atoms with E-state index in [1.165, 1.54) is 30.8 Å². The van der Waals surface area contributed by atoms with Gasteiger partial charge in [-0.05, 0) is 31.0 Å². The Morgan fingerprint density at radius 3 is 2.81 bits per heavy atom. The van der Waals surface area contributed by atoms with Gasteiger partial charge in [0.05, 0.1) is 10.6 Å². The van der Waals surface area contributed by atoms with E-state index in [4.69, 9.17) is 16.3 Å². The molecule has 1 saturated carbocycles. The maximum atomic E-state index is 12.5. The van der Waals surface area contributed by atoms with Gasteiger partial charge in [0.15, 0.2) is 0 Å². The quantitative estimate of drug-likeness (QED) is 0.695. The van der Waals surface area contributed by atoms with Crippen LogP contribution in [-0.2, 0) is 0 Å². The number of aromatic amines is 1. The molecule has 0 aliphatic heterocycles. The number of hydrogen-bond donors (Lipinski definition) is 3. The molecule has 0 saturated heterocycles. The molecule has 1 atom stereocenters. The summed E-state index contributed by atoms with van der Waals surface area (Å²) >= 11 is 6.12. The van der Waals surface area contributed by atoms with Crippen molar-refractivity contribution in [1.82, 2.24) is 15.3 Å². The van der Waals surface area contributed by atoms with Crippen molar-refractivity contribution in [3.05, 3.63) is 51.5 Å². The van der Waals surface area contributed by atoms with E-state index in [1.54, 1.807) is 6.07 Å². The molecule has 1 aliphatic carbocycles. The van der Waals surface area contributed by atoms with E-state index in [0.29, 0.717) is 5.75 Å². The summed E-state index contributed by atoms with van der Waals surface area (Å²) in [6.07, 6.45) is 5.50. The molecule has 26 heavy (non-hydrogen) atoms. The first kappa shape index (κ1) is 18.4. The lowest BCUT2D eigenvalue weighted by Crippen LogP contribution is -2.41. The first-order valence-electron chi connectivity index (χ1n) is 8.54. The normalized spacial score (nSPS) is 16.1. The number of aromatic nitrogens is 2. The number of halogens is 1. The van der Waals surface area contributed by atoms with Crippen LogP contribution in [0.15, 0.2) is 35.3 Å². The Balaban J connectivity index is 1.72. The first-order valence-corrected chi connectivity index (χ1v) is 8.92. The Morgan fingerprint density at radius 2 is 2.08 bits per heavy atom. The highest BCUT2D eigenvalue weighted by molar-refractivity contribution is 6.33. The van der Waals surface area contributed by atoms with Crippen molar-refractivity contribution >= 4 is 17.5 Å². The molecule has 1 aliphatic rings. The molecule has 2 aromatic rings. The van der Waals surface area contributed by atoms with Gasteiger partial charge < -0.3 is 15.2 Å². The molecule has 3 N–H and O–H groups in total. The molecular weight excluding hydrogens is 358 g/mol. The molecule has 0 bridgehead atoms. The average molecular weight is 378 g/mol. The number of ether oxygens (including phenoxy) is 1. The Labute approximate surface area is 155 Å². The number of benzene rings is 1. The zero-order valence-corrected chi connectivity index (χ0v) is 14.8. The van der Waals surface area contributed by atoms with E-state index >= 15 is 0 Å². The predicted octanol–water partition coefficient (Wildman–Crippen LogP) is 2.84. The number of aliphatic hydroxyl groups is 1. The van der Waals surface area contributed by atoms with Gasteiger partial charge in [-0.3, -0.25) is 9.78 Å². The van der Waals surface area contributed by atoms with Crippen molar-refractivity contribution in [2.24, 2.45) is 5.92 Å². The molecule has 1 fully saturated rings. The zero-order valence-electron chi connectivity index (χ0n) is 14.1. The lowest BCUT2D eigenvalue weighted by atomic mass is 9.88. The molecule has 138 valence electrons. The van der Waals surface area contributed by atoms with E-state index in [-0.39, 0.29) is 22.4 Å². The molecule has 1 heterocycles. The molecule has 1 amide bonds. The smallest absolute Gasteiger partial charge is 0.347 e. The summed E-state index contributed by atoms with van der Waals surface area (Å²) in [5.74, 6) is 0.115. The zero-order chi connectivity index (χ0) is 18.5. The van der Waals surface area contributed by atoms with Gasteiger partial charge in [0.1, 0.15) is 12.0 Å². The van der Waals surface area contributed by atoms with Gasteiger partial charge in [0.2, 0.25) is 5.88 Å². The van der Waals surface area contributed by atoms with Crippen LogP contribution in [0.25, 0.3) is 0 Å². The topological polar surface area (TPSA) is 104 Å². The molecule has 1 unspecified atom stereocenters. The van der Waals surface area contributed by atoms with E-state index in [9.17, 15) is 14.7 Å².